The second-order valence-corrected chi connectivity index (χ2v) is 7.14. The largest absolute Gasteiger partial charge is 0.379 e. The maximum absolute atomic E-state index is 5.93. The zero-order valence-corrected chi connectivity index (χ0v) is 15.2. The first-order chi connectivity index (χ1) is 11.9. The molecule has 2 heterocycles. The zero-order chi connectivity index (χ0) is 16.6. The summed E-state index contributed by atoms with van der Waals surface area (Å²) < 4.78 is 11.4. The molecule has 1 N–H and O–H groups in total. The number of guanidine groups is 1. The molecule has 0 spiro atoms. The SMILES string of the molecule is CN=C(NCCCOC1CCCC1)N1CCC(N2CCOCC2)C1. The number of likely N-dealkylation sites (tertiary alicyclic amines) is 1. The third kappa shape index (κ3) is 5.07. The number of ether oxygens (including phenoxy) is 2. The Morgan fingerprint density at radius 1 is 1.17 bits per heavy atom. The van der Waals surface area contributed by atoms with Crippen LogP contribution in [-0.4, -0.2) is 87.5 Å². The maximum atomic E-state index is 5.93. The summed E-state index contributed by atoms with van der Waals surface area (Å²) in [6.45, 7) is 7.89. The number of morpholine rings is 1. The van der Waals surface area contributed by atoms with E-state index in [1.54, 1.807) is 0 Å². The van der Waals surface area contributed by atoms with E-state index in [0.717, 1.165) is 64.9 Å². The number of nitrogens with zero attached hydrogens (tertiary/aromatic N) is 3. The van der Waals surface area contributed by atoms with E-state index < -0.39 is 0 Å². The van der Waals surface area contributed by atoms with Crippen molar-refractivity contribution in [3.05, 3.63) is 0 Å². The maximum Gasteiger partial charge on any atom is 0.193 e. The number of nitrogens with one attached hydrogen (secondary N) is 1. The lowest BCUT2D eigenvalue weighted by atomic mass is 10.2. The Hall–Kier alpha value is -0.850. The molecule has 3 fully saturated rings. The highest BCUT2D eigenvalue weighted by Crippen LogP contribution is 2.21. The quantitative estimate of drug-likeness (QED) is 0.450. The van der Waals surface area contributed by atoms with Crippen molar-refractivity contribution in [3.8, 4) is 0 Å². The molecule has 24 heavy (non-hydrogen) atoms. The second kappa shape index (κ2) is 9.59. The molecular formula is C18H34N4O2. The normalized spacial score (nSPS) is 27.1. The number of rotatable bonds is 6. The van der Waals surface area contributed by atoms with Gasteiger partial charge in [-0.2, -0.15) is 0 Å². The van der Waals surface area contributed by atoms with Gasteiger partial charge in [0.25, 0.3) is 0 Å². The van der Waals surface area contributed by atoms with Crippen molar-refractivity contribution in [1.29, 1.82) is 0 Å². The van der Waals surface area contributed by atoms with Crippen LogP contribution in [0.25, 0.3) is 0 Å². The summed E-state index contributed by atoms with van der Waals surface area (Å²) in [5.41, 5.74) is 0. The number of hydrogen-bond acceptors (Lipinski definition) is 4. The molecule has 0 aromatic carbocycles. The zero-order valence-electron chi connectivity index (χ0n) is 15.2. The van der Waals surface area contributed by atoms with Crippen molar-refractivity contribution in [3.63, 3.8) is 0 Å². The molecule has 1 unspecified atom stereocenters. The van der Waals surface area contributed by atoms with E-state index in [1.807, 2.05) is 7.05 Å². The van der Waals surface area contributed by atoms with Gasteiger partial charge in [-0.3, -0.25) is 9.89 Å². The van der Waals surface area contributed by atoms with Crippen molar-refractivity contribution in [2.24, 2.45) is 4.99 Å². The molecule has 0 aromatic heterocycles. The van der Waals surface area contributed by atoms with Gasteiger partial charge in [0.05, 0.1) is 19.3 Å². The topological polar surface area (TPSA) is 49.3 Å². The molecule has 138 valence electrons. The van der Waals surface area contributed by atoms with Crippen LogP contribution in [0.1, 0.15) is 38.5 Å². The van der Waals surface area contributed by atoms with Crippen LogP contribution in [0.2, 0.25) is 0 Å². The second-order valence-electron chi connectivity index (χ2n) is 7.14. The van der Waals surface area contributed by atoms with Gasteiger partial charge in [0.1, 0.15) is 0 Å². The minimum absolute atomic E-state index is 0.525. The lowest BCUT2D eigenvalue weighted by Crippen LogP contribution is -2.46. The Kier molecular flexibility index (Phi) is 7.17. The molecule has 0 amide bonds. The number of hydrogen-bond donors (Lipinski definition) is 1. The summed E-state index contributed by atoms with van der Waals surface area (Å²) in [7, 11) is 1.89. The van der Waals surface area contributed by atoms with Crippen LogP contribution < -0.4 is 5.32 Å². The first-order valence-corrected chi connectivity index (χ1v) is 9.76. The predicted molar refractivity (Wildman–Crippen MR) is 96.6 cm³/mol. The monoisotopic (exact) mass is 338 g/mol. The number of aliphatic imine (C=N–C) groups is 1. The molecule has 1 aliphatic carbocycles. The van der Waals surface area contributed by atoms with Gasteiger partial charge in [-0.05, 0) is 25.7 Å². The van der Waals surface area contributed by atoms with E-state index in [0.29, 0.717) is 12.1 Å². The molecule has 0 aromatic rings. The highest BCUT2D eigenvalue weighted by Gasteiger charge is 2.30. The van der Waals surface area contributed by atoms with Crippen LogP contribution in [0, 0.1) is 0 Å². The van der Waals surface area contributed by atoms with Crippen LogP contribution in [0.3, 0.4) is 0 Å². The average molecular weight is 338 g/mol. The highest BCUT2D eigenvalue weighted by molar-refractivity contribution is 5.80. The van der Waals surface area contributed by atoms with E-state index in [1.165, 1.54) is 32.1 Å². The molecule has 1 atom stereocenters. The molecule has 1 saturated carbocycles. The Morgan fingerprint density at radius 3 is 2.71 bits per heavy atom. The van der Waals surface area contributed by atoms with Gasteiger partial charge in [-0.15, -0.1) is 0 Å². The van der Waals surface area contributed by atoms with Gasteiger partial charge in [0.15, 0.2) is 5.96 Å². The lowest BCUT2D eigenvalue weighted by molar-refractivity contribution is 0.0195. The van der Waals surface area contributed by atoms with E-state index in [9.17, 15) is 0 Å². The molecule has 6 nitrogen and oxygen atoms in total. The molecule has 0 radical (unpaired) electrons. The Balaban J connectivity index is 1.32. The minimum atomic E-state index is 0.525. The predicted octanol–water partition coefficient (Wildman–Crippen LogP) is 1.32. The molecule has 2 aliphatic heterocycles. The Morgan fingerprint density at radius 2 is 1.96 bits per heavy atom. The summed E-state index contributed by atoms with van der Waals surface area (Å²) in [5.74, 6) is 1.05. The van der Waals surface area contributed by atoms with Gasteiger partial charge in [-0.25, -0.2) is 0 Å². The summed E-state index contributed by atoms with van der Waals surface area (Å²) >= 11 is 0. The van der Waals surface area contributed by atoms with Crippen molar-refractivity contribution >= 4 is 5.96 Å². The Bertz CT molecular complexity index is 392. The van der Waals surface area contributed by atoms with Crippen LogP contribution in [0.5, 0.6) is 0 Å². The smallest absolute Gasteiger partial charge is 0.193 e. The van der Waals surface area contributed by atoms with Crippen molar-refractivity contribution in [2.45, 2.75) is 50.7 Å². The van der Waals surface area contributed by atoms with Gasteiger partial charge in [0, 0.05) is 52.4 Å². The third-order valence-corrected chi connectivity index (χ3v) is 5.50. The molecule has 3 rings (SSSR count). The van der Waals surface area contributed by atoms with E-state index in [2.05, 4.69) is 20.1 Å². The van der Waals surface area contributed by atoms with Crippen LogP contribution in [-0.2, 0) is 9.47 Å². The first kappa shape index (κ1) is 18.0. The van der Waals surface area contributed by atoms with Crippen molar-refractivity contribution < 1.29 is 9.47 Å². The molecule has 6 heteroatoms. The summed E-state index contributed by atoms with van der Waals surface area (Å²) in [6.07, 6.45) is 8.00. The van der Waals surface area contributed by atoms with Crippen molar-refractivity contribution in [2.75, 3.05) is 59.6 Å². The fourth-order valence-corrected chi connectivity index (χ4v) is 4.08. The first-order valence-electron chi connectivity index (χ1n) is 9.76. The summed E-state index contributed by atoms with van der Waals surface area (Å²) in [4.78, 5) is 9.45. The van der Waals surface area contributed by atoms with Gasteiger partial charge in [-0.1, -0.05) is 12.8 Å². The van der Waals surface area contributed by atoms with Gasteiger partial charge < -0.3 is 19.7 Å². The van der Waals surface area contributed by atoms with E-state index >= 15 is 0 Å². The highest BCUT2D eigenvalue weighted by atomic mass is 16.5. The third-order valence-electron chi connectivity index (χ3n) is 5.50. The fourth-order valence-electron chi connectivity index (χ4n) is 4.08. The lowest BCUT2D eigenvalue weighted by Gasteiger charge is -2.32. The molecule has 0 bridgehead atoms. The molecular weight excluding hydrogens is 304 g/mol. The summed E-state index contributed by atoms with van der Waals surface area (Å²) in [5, 5.41) is 3.51. The summed E-state index contributed by atoms with van der Waals surface area (Å²) in [6, 6.07) is 0.651. The van der Waals surface area contributed by atoms with E-state index in [-0.39, 0.29) is 0 Å². The average Bonchev–Trinajstić information content (AvgIpc) is 3.31. The molecule has 3 aliphatic rings. The van der Waals surface area contributed by atoms with Crippen LogP contribution in [0.15, 0.2) is 4.99 Å². The van der Waals surface area contributed by atoms with Crippen molar-refractivity contribution in [1.82, 2.24) is 15.1 Å². The fraction of sp³-hybridized carbons (Fsp3) is 0.944. The van der Waals surface area contributed by atoms with Crippen LogP contribution in [0.4, 0.5) is 0 Å². The van der Waals surface area contributed by atoms with E-state index in [4.69, 9.17) is 9.47 Å². The standard InChI is InChI=1S/C18H34N4O2/c1-19-18(20-8-4-12-24-17-5-2-3-6-17)22-9-7-16(15-22)21-10-13-23-14-11-21/h16-17H,2-15H2,1H3,(H,19,20). The minimum Gasteiger partial charge on any atom is -0.379 e. The molecule has 2 saturated heterocycles. The Labute approximate surface area is 146 Å². The van der Waals surface area contributed by atoms with Gasteiger partial charge >= 0.3 is 0 Å². The van der Waals surface area contributed by atoms with Crippen LogP contribution >= 0.6 is 0 Å². The van der Waals surface area contributed by atoms with Gasteiger partial charge in [0.2, 0.25) is 0 Å².